The van der Waals surface area contributed by atoms with E-state index in [0.29, 0.717) is 11.6 Å². The number of benzene rings is 1. The fourth-order valence-corrected chi connectivity index (χ4v) is 2.39. The number of hydrogen-bond donors (Lipinski definition) is 1. The lowest BCUT2D eigenvalue weighted by Crippen LogP contribution is -2.28. The molecule has 0 fully saturated rings. The molecule has 0 aliphatic rings. The first kappa shape index (κ1) is 19.0. The summed E-state index contributed by atoms with van der Waals surface area (Å²) in [6.45, 7) is 0.181. The van der Waals surface area contributed by atoms with Crippen LogP contribution >= 0.6 is 38.5 Å². The Kier molecular flexibility index (Phi) is 7.40. The highest BCUT2D eigenvalue weighted by atomic mass is 127. The Balaban J connectivity index is 2.51. The molecule has 8 heteroatoms. The quantitative estimate of drug-likeness (QED) is 0.491. The molecule has 0 radical (unpaired) electrons. The number of methoxy groups -OCH3 is 1. The van der Waals surface area contributed by atoms with Crippen LogP contribution in [-0.2, 0) is 9.53 Å². The molecule has 1 N–H and O–H groups in total. The summed E-state index contributed by atoms with van der Waals surface area (Å²) < 4.78 is 31.7. The van der Waals surface area contributed by atoms with Gasteiger partial charge in [0.2, 0.25) is 0 Å². The van der Waals surface area contributed by atoms with Crippen molar-refractivity contribution in [1.82, 2.24) is 5.32 Å². The molecule has 4 nitrogen and oxygen atoms in total. The highest BCUT2D eigenvalue weighted by molar-refractivity contribution is 14.1. The van der Waals surface area contributed by atoms with Crippen LogP contribution in [0.5, 0.6) is 0 Å². The number of nitrogens with one attached hydrogen (secondary N) is 1. The van der Waals surface area contributed by atoms with Gasteiger partial charge in [0.25, 0.3) is 5.91 Å². The van der Waals surface area contributed by atoms with E-state index in [1.165, 1.54) is 0 Å². The van der Waals surface area contributed by atoms with Gasteiger partial charge in [-0.05, 0) is 56.9 Å². The number of alkyl halides is 2. The Hall–Kier alpha value is -1.03. The Morgan fingerprint density at radius 2 is 1.95 bits per heavy atom. The number of carbonyl (C=O) groups is 2. The highest BCUT2D eigenvalue weighted by Gasteiger charge is 2.37. The van der Waals surface area contributed by atoms with E-state index in [-0.39, 0.29) is 22.5 Å². The first-order valence-corrected chi connectivity index (χ1v) is 8.00. The van der Waals surface area contributed by atoms with Crippen molar-refractivity contribution in [3.05, 3.63) is 44.0 Å². The zero-order valence-corrected chi connectivity index (χ0v) is 15.3. The van der Waals surface area contributed by atoms with Gasteiger partial charge in [0.15, 0.2) is 0 Å². The molecule has 0 atom stereocenters. The lowest BCUT2D eigenvalue weighted by molar-refractivity contribution is -0.161. The van der Waals surface area contributed by atoms with Crippen molar-refractivity contribution in [2.24, 2.45) is 0 Å². The molecule has 0 heterocycles. The molecular formula is C14H13BrF2INO3. The number of rotatable bonds is 6. The molecule has 1 rings (SSSR count). The third-order valence-electron chi connectivity index (χ3n) is 2.55. The van der Waals surface area contributed by atoms with Gasteiger partial charge in [-0.1, -0.05) is 15.9 Å². The van der Waals surface area contributed by atoms with E-state index in [1.54, 1.807) is 46.9 Å². The first-order chi connectivity index (χ1) is 10.3. The molecule has 1 amide bonds. The van der Waals surface area contributed by atoms with Crippen molar-refractivity contribution in [2.45, 2.75) is 12.3 Å². The van der Waals surface area contributed by atoms with E-state index in [1.807, 2.05) is 0 Å². The minimum Gasteiger partial charge on any atom is -0.464 e. The lowest BCUT2D eigenvalue weighted by Gasteiger charge is -2.10. The molecule has 0 saturated heterocycles. The Morgan fingerprint density at radius 1 is 1.36 bits per heavy atom. The molecule has 0 unspecified atom stereocenters. The average Bonchev–Trinajstić information content (AvgIpc) is 2.46. The van der Waals surface area contributed by atoms with Gasteiger partial charge >= 0.3 is 11.9 Å². The van der Waals surface area contributed by atoms with Crippen molar-refractivity contribution in [3.63, 3.8) is 0 Å². The minimum atomic E-state index is -3.67. The predicted molar refractivity (Wildman–Crippen MR) is 90.2 cm³/mol. The van der Waals surface area contributed by atoms with Crippen molar-refractivity contribution >= 4 is 50.4 Å². The van der Waals surface area contributed by atoms with E-state index in [0.717, 1.165) is 11.6 Å². The lowest BCUT2D eigenvalue weighted by atomic mass is 10.2. The fraction of sp³-hybridized carbons (Fsp3) is 0.286. The zero-order valence-electron chi connectivity index (χ0n) is 11.5. The second kappa shape index (κ2) is 8.56. The minimum absolute atomic E-state index is 0.181. The predicted octanol–water partition coefficient (Wildman–Crippen LogP) is 3.70. The summed E-state index contributed by atoms with van der Waals surface area (Å²) in [7, 11) is 0.898. The van der Waals surface area contributed by atoms with Crippen molar-refractivity contribution in [1.29, 1.82) is 0 Å². The number of amides is 1. The van der Waals surface area contributed by atoms with Crippen LogP contribution in [0.25, 0.3) is 0 Å². The molecule has 0 aliphatic heterocycles. The normalized spacial score (nSPS) is 12.0. The van der Waals surface area contributed by atoms with Crippen LogP contribution in [-0.4, -0.2) is 31.5 Å². The van der Waals surface area contributed by atoms with Crippen molar-refractivity contribution in [2.75, 3.05) is 13.7 Å². The molecule has 0 spiro atoms. The Morgan fingerprint density at radius 3 is 2.50 bits per heavy atom. The van der Waals surface area contributed by atoms with Crippen LogP contribution in [0.4, 0.5) is 8.78 Å². The summed E-state index contributed by atoms with van der Waals surface area (Å²) in [5, 5.41) is 2.62. The van der Waals surface area contributed by atoms with E-state index in [4.69, 9.17) is 0 Å². The second-order valence-electron chi connectivity index (χ2n) is 4.22. The van der Waals surface area contributed by atoms with Gasteiger partial charge in [-0.15, -0.1) is 0 Å². The van der Waals surface area contributed by atoms with Crippen LogP contribution in [0.2, 0.25) is 0 Å². The number of carbonyl (C=O) groups excluding carboxylic acids is 2. The standard InChI is InChI=1S/C14H13BrF2INO3/c1-22-13(21)14(16,17)8-11(18)6-7-19-12(20)9-2-4-10(15)5-3-9/h2-5,8H,6-7H2,1H3,(H,19,20). The molecular weight excluding hydrogens is 475 g/mol. The summed E-state index contributed by atoms with van der Waals surface area (Å²) >= 11 is 4.96. The summed E-state index contributed by atoms with van der Waals surface area (Å²) in [5.74, 6) is -5.57. The van der Waals surface area contributed by atoms with Gasteiger partial charge in [0, 0.05) is 22.7 Å². The fourth-order valence-electron chi connectivity index (χ4n) is 1.46. The van der Waals surface area contributed by atoms with Crippen LogP contribution in [0.15, 0.2) is 38.4 Å². The molecule has 0 bridgehead atoms. The topological polar surface area (TPSA) is 55.4 Å². The molecule has 0 aromatic heterocycles. The number of halogens is 4. The first-order valence-electron chi connectivity index (χ1n) is 6.13. The maximum absolute atomic E-state index is 13.3. The van der Waals surface area contributed by atoms with Crippen LogP contribution in [0.3, 0.4) is 0 Å². The maximum atomic E-state index is 13.3. The molecule has 0 aliphatic carbocycles. The molecule has 1 aromatic rings. The Labute approximate surface area is 148 Å². The van der Waals surface area contributed by atoms with Gasteiger partial charge in [-0.25, -0.2) is 4.79 Å². The van der Waals surface area contributed by atoms with Gasteiger partial charge in [-0.3, -0.25) is 4.79 Å². The largest absolute Gasteiger partial charge is 0.464 e. The number of hydrogen-bond acceptors (Lipinski definition) is 3. The summed E-state index contributed by atoms with van der Waals surface area (Å²) in [6, 6.07) is 6.75. The molecule has 120 valence electrons. The second-order valence-corrected chi connectivity index (χ2v) is 6.52. The van der Waals surface area contributed by atoms with Crippen LogP contribution in [0.1, 0.15) is 16.8 Å². The third-order valence-corrected chi connectivity index (χ3v) is 3.93. The van der Waals surface area contributed by atoms with Crippen LogP contribution < -0.4 is 5.32 Å². The summed E-state index contributed by atoms with van der Waals surface area (Å²) in [6.07, 6.45) is 0.723. The SMILES string of the molecule is COC(=O)C(F)(F)C=C(I)CCNC(=O)c1ccc(Br)cc1. The van der Waals surface area contributed by atoms with Gasteiger partial charge in [0.05, 0.1) is 7.11 Å². The van der Waals surface area contributed by atoms with Gasteiger partial charge in [-0.2, -0.15) is 8.78 Å². The molecule has 0 saturated carbocycles. The van der Waals surface area contributed by atoms with E-state index < -0.39 is 11.9 Å². The summed E-state index contributed by atoms with van der Waals surface area (Å²) in [4.78, 5) is 22.7. The van der Waals surface area contributed by atoms with Crippen molar-refractivity contribution < 1.29 is 23.1 Å². The average molecular weight is 488 g/mol. The Bertz CT molecular complexity index is 576. The van der Waals surface area contributed by atoms with E-state index >= 15 is 0 Å². The summed E-state index contributed by atoms with van der Waals surface area (Å²) in [5.41, 5.74) is 0.474. The number of ether oxygens (including phenoxy) is 1. The smallest absolute Gasteiger partial charge is 0.381 e. The molecule has 22 heavy (non-hydrogen) atoms. The van der Waals surface area contributed by atoms with E-state index in [2.05, 4.69) is 26.0 Å². The number of esters is 1. The van der Waals surface area contributed by atoms with Crippen molar-refractivity contribution in [3.8, 4) is 0 Å². The zero-order chi connectivity index (χ0) is 16.8. The maximum Gasteiger partial charge on any atom is 0.381 e. The van der Waals surface area contributed by atoms with Crippen LogP contribution in [0, 0.1) is 0 Å². The monoisotopic (exact) mass is 487 g/mol. The third kappa shape index (κ3) is 5.99. The van der Waals surface area contributed by atoms with Gasteiger partial charge in [0.1, 0.15) is 0 Å². The van der Waals surface area contributed by atoms with Gasteiger partial charge < -0.3 is 10.1 Å². The highest BCUT2D eigenvalue weighted by Crippen LogP contribution is 2.23. The van der Waals surface area contributed by atoms with E-state index in [9.17, 15) is 18.4 Å². The molecule has 1 aromatic carbocycles.